The molecule has 0 amide bonds. The summed E-state index contributed by atoms with van der Waals surface area (Å²) >= 11 is 0. The maximum atomic E-state index is 6.30. The normalized spacial score (nSPS) is 52.2. The fraction of sp³-hybridized carbons (Fsp3) is 0.882. The highest BCUT2D eigenvalue weighted by molar-refractivity contribution is 5.15. The predicted octanol–water partition coefficient (Wildman–Crippen LogP) is 3.64. The van der Waals surface area contributed by atoms with Crippen LogP contribution in [0.5, 0.6) is 0 Å². The van der Waals surface area contributed by atoms with Crippen LogP contribution in [0.25, 0.3) is 0 Å². The number of ether oxygens (including phenoxy) is 3. The Kier molecular flexibility index (Phi) is 2.64. The molecule has 0 N–H and O–H groups in total. The molecule has 2 unspecified atom stereocenters. The van der Waals surface area contributed by atoms with E-state index in [1.807, 2.05) is 0 Å². The van der Waals surface area contributed by atoms with E-state index in [9.17, 15) is 0 Å². The summed E-state index contributed by atoms with van der Waals surface area (Å²) in [4.78, 5) is 0. The zero-order valence-electron chi connectivity index (χ0n) is 12.7. The second-order valence-electron chi connectivity index (χ2n) is 8.11. The highest BCUT2D eigenvalue weighted by atomic mass is 16.7. The maximum absolute atomic E-state index is 6.30. The molecule has 2 atom stereocenters. The van der Waals surface area contributed by atoms with Crippen molar-refractivity contribution in [3.05, 3.63) is 12.8 Å². The van der Waals surface area contributed by atoms with Gasteiger partial charge in [-0.2, -0.15) is 0 Å². The van der Waals surface area contributed by atoms with E-state index in [0.29, 0.717) is 18.6 Å². The Bertz CT molecular complexity index is 412. The van der Waals surface area contributed by atoms with Crippen LogP contribution < -0.4 is 0 Å². The summed E-state index contributed by atoms with van der Waals surface area (Å²) in [6.07, 6.45) is 8.83. The van der Waals surface area contributed by atoms with Crippen LogP contribution in [-0.4, -0.2) is 23.6 Å². The minimum atomic E-state index is -0.0555. The molecule has 0 aromatic rings. The highest BCUT2D eigenvalue weighted by Crippen LogP contribution is 2.64. The van der Waals surface area contributed by atoms with Gasteiger partial charge in [-0.1, -0.05) is 6.58 Å². The van der Waals surface area contributed by atoms with Gasteiger partial charge in [0.2, 0.25) is 0 Å². The first-order valence-corrected chi connectivity index (χ1v) is 8.04. The zero-order chi connectivity index (χ0) is 14.0. The molecule has 3 heteroatoms. The Labute approximate surface area is 121 Å². The van der Waals surface area contributed by atoms with Crippen molar-refractivity contribution >= 4 is 0 Å². The SMILES string of the molecule is C=COC12CC3CC(C1)C1(CC(C)(C)OCO1)C(C3)C2. The molecule has 20 heavy (non-hydrogen) atoms. The lowest BCUT2D eigenvalue weighted by Crippen LogP contribution is -2.68. The zero-order valence-corrected chi connectivity index (χ0v) is 12.7. The number of hydrogen-bond acceptors (Lipinski definition) is 3. The topological polar surface area (TPSA) is 27.7 Å². The van der Waals surface area contributed by atoms with Crippen LogP contribution in [0.1, 0.15) is 52.4 Å². The largest absolute Gasteiger partial charge is 0.495 e. The third-order valence-corrected chi connectivity index (χ3v) is 6.33. The van der Waals surface area contributed by atoms with E-state index >= 15 is 0 Å². The van der Waals surface area contributed by atoms with Gasteiger partial charge in [-0.25, -0.2) is 0 Å². The van der Waals surface area contributed by atoms with Gasteiger partial charge in [-0.3, -0.25) is 0 Å². The maximum Gasteiger partial charge on any atom is 0.148 e. The fourth-order valence-corrected chi connectivity index (χ4v) is 5.90. The second-order valence-corrected chi connectivity index (χ2v) is 8.11. The van der Waals surface area contributed by atoms with Gasteiger partial charge in [0.05, 0.1) is 17.5 Å². The standard InChI is InChI=1S/C17H26O3/c1-4-18-16-7-12-5-13(8-16)17(14(6-12)9-16)10-15(2,3)19-11-20-17/h4,12-14H,1,5-11H2,2-3H3. The molecule has 4 saturated carbocycles. The van der Waals surface area contributed by atoms with Gasteiger partial charge in [0.25, 0.3) is 0 Å². The van der Waals surface area contributed by atoms with Crippen molar-refractivity contribution in [1.82, 2.24) is 0 Å². The van der Waals surface area contributed by atoms with Crippen molar-refractivity contribution in [3.63, 3.8) is 0 Å². The molecule has 4 bridgehead atoms. The van der Waals surface area contributed by atoms with E-state index < -0.39 is 0 Å². The van der Waals surface area contributed by atoms with E-state index in [0.717, 1.165) is 25.2 Å². The van der Waals surface area contributed by atoms with Gasteiger partial charge in [0, 0.05) is 6.42 Å². The molecule has 0 aromatic heterocycles. The van der Waals surface area contributed by atoms with Crippen molar-refractivity contribution in [2.45, 2.75) is 69.2 Å². The van der Waals surface area contributed by atoms with Gasteiger partial charge >= 0.3 is 0 Å². The first kappa shape index (κ1) is 13.1. The van der Waals surface area contributed by atoms with E-state index in [2.05, 4.69) is 20.4 Å². The molecule has 5 fully saturated rings. The van der Waals surface area contributed by atoms with Crippen molar-refractivity contribution < 1.29 is 14.2 Å². The van der Waals surface area contributed by atoms with E-state index in [1.54, 1.807) is 6.26 Å². The van der Waals surface area contributed by atoms with Crippen LogP contribution in [0.3, 0.4) is 0 Å². The molecule has 1 spiro atoms. The molecular weight excluding hydrogens is 252 g/mol. The molecule has 5 aliphatic rings. The lowest BCUT2D eigenvalue weighted by Gasteiger charge is -2.66. The minimum Gasteiger partial charge on any atom is -0.495 e. The third kappa shape index (κ3) is 1.72. The van der Waals surface area contributed by atoms with Crippen LogP contribution >= 0.6 is 0 Å². The Morgan fingerprint density at radius 1 is 1.10 bits per heavy atom. The quantitative estimate of drug-likeness (QED) is 0.722. The summed E-state index contributed by atoms with van der Waals surface area (Å²) in [5.74, 6) is 2.10. The monoisotopic (exact) mass is 278 g/mol. The highest BCUT2D eigenvalue weighted by Gasteiger charge is 2.65. The molecular formula is C17H26O3. The lowest BCUT2D eigenvalue weighted by molar-refractivity contribution is -0.329. The summed E-state index contributed by atoms with van der Waals surface area (Å²) in [5, 5.41) is 0. The number of rotatable bonds is 2. The summed E-state index contributed by atoms with van der Waals surface area (Å²) in [7, 11) is 0. The van der Waals surface area contributed by atoms with Crippen LogP contribution in [-0.2, 0) is 14.2 Å². The van der Waals surface area contributed by atoms with Crippen LogP contribution in [0, 0.1) is 17.8 Å². The molecule has 4 aliphatic carbocycles. The molecule has 0 aromatic carbocycles. The molecule has 3 nitrogen and oxygen atoms in total. The van der Waals surface area contributed by atoms with Gasteiger partial charge < -0.3 is 14.2 Å². The summed E-state index contributed by atoms with van der Waals surface area (Å²) in [5.41, 5.74) is 0.0576. The van der Waals surface area contributed by atoms with Crippen LogP contribution in [0.2, 0.25) is 0 Å². The Morgan fingerprint density at radius 3 is 2.40 bits per heavy atom. The number of hydrogen-bond donors (Lipinski definition) is 0. The average molecular weight is 278 g/mol. The van der Waals surface area contributed by atoms with Crippen molar-refractivity contribution in [2.24, 2.45) is 17.8 Å². The van der Waals surface area contributed by atoms with E-state index in [4.69, 9.17) is 14.2 Å². The van der Waals surface area contributed by atoms with Crippen molar-refractivity contribution in [3.8, 4) is 0 Å². The average Bonchev–Trinajstić information content (AvgIpc) is 2.34. The van der Waals surface area contributed by atoms with E-state index in [1.165, 1.54) is 19.3 Å². The van der Waals surface area contributed by atoms with Crippen LogP contribution in [0.15, 0.2) is 12.8 Å². The van der Waals surface area contributed by atoms with Gasteiger partial charge in [0.15, 0.2) is 0 Å². The lowest BCUT2D eigenvalue weighted by atomic mass is 9.46. The van der Waals surface area contributed by atoms with E-state index in [-0.39, 0.29) is 16.8 Å². The van der Waals surface area contributed by atoms with Gasteiger partial charge in [0.1, 0.15) is 12.4 Å². The molecule has 112 valence electrons. The third-order valence-electron chi connectivity index (χ3n) is 6.33. The van der Waals surface area contributed by atoms with Crippen LogP contribution in [0.4, 0.5) is 0 Å². The van der Waals surface area contributed by atoms with Gasteiger partial charge in [-0.05, 0) is 63.7 Å². The summed E-state index contributed by atoms with van der Waals surface area (Å²) in [6.45, 7) is 8.66. The van der Waals surface area contributed by atoms with Gasteiger partial charge in [-0.15, -0.1) is 0 Å². The summed E-state index contributed by atoms with van der Waals surface area (Å²) in [6, 6.07) is 0. The van der Waals surface area contributed by atoms with Crippen molar-refractivity contribution in [1.29, 1.82) is 0 Å². The molecule has 1 aliphatic heterocycles. The smallest absolute Gasteiger partial charge is 0.148 e. The van der Waals surface area contributed by atoms with Crippen molar-refractivity contribution in [2.75, 3.05) is 6.79 Å². The Hall–Kier alpha value is -0.540. The Balaban J connectivity index is 1.67. The summed E-state index contributed by atoms with van der Waals surface area (Å²) < 4.78 is 18.1. The molecule has 1 saturated heterocycles. The molecule has 0 radical (unpaired) electrons. The first-order valence-electron chi connectivity index (χ1n) is 8.04. The second kappa shape index (κ2) is 4.01. The first-order chi connectivity index (χ1) is 9.47. The fourth-order valence-electron chi connectivity index (χ4n) is 5.90. The molecule has 1 heterocycles. The minimum absolute atomic E-state index is 0.0483. The molecule has 5 rings (SSSR count). The Morgan fingerprint density at radius 2 is 1.80 bits per heavy atom. The predicted molar refractivity (Wildman–Crippen MR) is 76.0 cm³/mol.